The summed E-state index contributed by atoms with van der Waals surface area (Å²) < 4.78 is 6.99. The van der Waals surface area contributed by atoms with Gasteiger partial charge < -0.3 is 25.8 Å². The first kappa shape index (κ1) is 19.8. The molecule has 0 saturated carbocycles. The number of methoxy groups -OCH3 is 1. The molecule has 0 spiro atoms. The summed E-state index contributed by atoms with van der Waals surface area (Å²) in [4.78, 5) is 22.3. The van der Waals surface area contributed by atoms with Gasteiger partial charge in [-0.05, 0) is 24.7 Å². The number of ether oxygens (including phenoxy) is 1. The Kier molecular flexibility index (Phi) is 5.10. The van der Waals surface area contributed by atoms with Gasteiger partial charge in [0.25, 0.3) is 5.91 Å². The Labute approximate surface area is 173 Å². The minimum Gasteiger partial charge on any atom is -0.497 e. The lowest BCUT2D eigenvalue weighted by atomic mass is 9.82. The number of carbonyl (C=O) groups is 1. The number of nitrogens with one attached hydrogen (secondary N) is 1. The molecule has 3 aromatic rings. The highest BCUT2D eigenvalue weighted by molar-refractivity contribution is 6.05. The molecule has 1 amide bonds. The summed E-state index contributed by atoms with van der Waals surface area (Å²) in [5.41, 5.74) is 6.05. The van der Waals surface area contributed by atoms with Gasteiger partial charge in [-0.25, -0.2) is 9.97 Å². The van der Waals surface area contributed by atoms with Crippen LogP contribution in [-0.4, -0.2) is 68.5 Å². The monoisotopic (exact) mass is 409 g/mol. The SMILES string of the molecule is COc1cccc(C(n2cc(NC(=O)c3nccnc3N)cn2)C2(O)CN(C)C2)c1. The fourth-order valence-electron chi connectivity index (χ4n) is 3.84. The highest BCUT2D eigenvalue weighted by Crippen LogP contribution is 2.37. The summed E-state index contributed by atoms with van der Waals surface area (Å²) in [5, 5.41) is 18.4. The van der Waals surface area contributed by atoms with Gasteiger partial charge in [0.15, 0.2) is 11.5 Å². The summed E-state index contributed by atoms with van der Waals surface area (Å²) in [6.45, 7) is 0.985. The minimum atomic E-state index is -1.01. The van der Waals surface area contributed by atoms with Gasteiger partial charge in [0, 0.05) is 31.7 Å². The highest BCUT2D eigenvalue weighted by atomic mass is 16.5. The molecule has 1 fully saturated rings. The van der Waals surface area contributed by atoms with E-state index < -0.39 is 17.6 Å². The molecule has 0 bridgehead atoms. The lowest BCUT2D eigenvalue weighted by molar-refractivity contribution is -0.113. The largest absolute Gasteiger partial charge is 0.497 e. The van der Waals surface area contributed by atoms with Crippen LogP contribution in [0, 0.1) is 0 Å². The molecule has 1 atom stereocenters. The number of rotatable bonds is 6. The Hall–Kier alpha value is -3.50. The van der Waals surface area contributed by atoms with Crippen LogP contribution >= 0.6 is 0 Å². The van der Waals surface area contributed by atoms with Gasteiger partial charge in [0.2, 0.25) is 0 Å². The molecular weight excluding hydrogens is 386 g/mol. The molecule has 1 saturated heterocycles. The molecule has 1 aliphatic rings. The first-order valence-corrected chi connectivity index (χ1v) is 9.36. The van der Waals surface area contributed by atoms with Crippen molar-refractivity contribution in [1.29, 1.82) is 0 Å². The van der Waals surface area contributed by atoms with Crippen molar-refractivity contribution in [3.63, 3.8) is 0 Å². The standard InChI is InChI=1S/C20H23N7O3/c1-26-11-20(29,12-26)17(13-4-3-5-15(8-13)30-2)27-10-14(9-24-27)25-19(28)16-18(21)23-7-6-22-16/h3-10,17,29H,11-12H2,1-2H3,(H2,21,23)(H,25,28). The number of carbonyl (C=O) groups excluding carboxylic acids is 1. The third kappa shape index (κ3) is 3.70. The minimum absolute atomic E-state index is 0.0360. The lowest BCUT2D eigenvalue weighted by Gasteiger charge is -2.49. The second kappa shape index (κ2) is 7.73. The van der Waals surface area contributed by atoms with Crippen molar-refractivity contribution in [2.45, 2.75) is 11.6 Å². The molecule has 1 aromatic carbocycles. The Bertz CT molecular complexity index is 1060. The van der Waals surface area contributed by atoms with Crippen LogP contribution < -0.4 is 15.8 Å². The average molecular weight is 409 g/mol. The second-order valence-corrected chi connectivity index (χ2v) is 7.41. The maximum Gasteiger partial charge on any atom is 0.278 e. The molecular formula is C20H23N7O3. The molecule has 10 heteroatoms. The quantitative estimate of drug-likeness (QED) is 0.544. The summed E-state index contributed by atoms with van der Waals surface area (Å²) >= 11 is 0. The number of hydrogen-bond acceptors (Lipinski definition) is 8. The third-order valence-corrected chi connectivity index (χ3v) is 5.07. The summed E-state index contributed by atoms with van der Waals surface area (Å²) in [7, 11) is 3.54. The van der Waals surface area contributed by atoms with Crippen LogP contribution in [0.25, 0.3) is 0 Å². The summed E-state index contributed by atoms with van der Waals surface area (Å²) in [6.07, 6.45) is 6.00. The summed E-state index contributed by atoms with van der Waals surface area (Å²) in [5.74, 6) is 0.247. The maximum atomic E-state index is 12.5. The zero-order chi connectivity index (χ0) is 21.3. The van der Waals surface area contributed by atoms with Crippen LogP contribution in [0.1, 0.15) is 22.1 Å². The second-order valence-electron chi connectivity index (χ2n) is 7.41. The van der Waals surface area contributed by atoms with Gasteiger partial charge in [-0.15, -0.1) is 0 Å². The number of anilines is 2. The first-order valence-electron chi connectivity index (χ1n) is 9.36. The molecule has 0 radical (unpaired) electrons. The van der Waals surface area contributed by atoms with Crippen molar-refractivity contribution in [1.82, 2.24) is 24.6 Å². The van der Waals surface area contributed by atoms with E-state index in [1.54, 1.807) is 18.0 Å². The van der Waals surface area contributed by atoms with E-state index in [0.29, 0.717) is 24.5 Å². The molecule has 3 heterocycles. The maximum absolute atomic E-state index is 12.5. The van der Waals surface area contributed by atoms with Crippen LogP contribution in [0.5, 0.6) is 5.75 Å². The van der Waals surface area contributed by atoms with Crippen LogP contribution in [0.2, 0.25) is 0 Å². The van der Waals surface area contributed by atoms with E-state index in [1.807, 2.05) is 36.2 Å². The fourth-order valence-corrected chi connectivity index (χ4v) is 3.84. The van der Waals surface area contributed by atoms with E-state index in [-0.39, 0.29) is 11.5 Å². The van der Waals surface area contributed by atoms with E-state index in [1.165, 1.54) is 18.6 Å². The highest BCUT2D eigenvalue weighted by Gasteiger charge is 2.48. The number of nitrogens with zero attached hydrogens (tertiary/aromatic N) is 5. The van der Waals surface area contributed by atoms with Crippen LogP contribution in [0.3, 0.4) is 0 Å². The van der Waals surface area contributed by atoms with Crippen LogP contribution in [0.15, 0.2) is 49.1 Å². The molecule has 2 aromatic heterocycles. The molecule has 1 aliphatic heterocycles. The number of nitrogen functional groups attached to an aromatic ring is 1. The van der Waals surface area contributed by atoms with E-state index in [4.69, 9.17) is 10.5 Å². The van der Waals surface area contributed by atoms with E-state index in [0.717, 1.165) is 5.56 Å². The number of likely N-dealkylation sites (tertiary alicyclic amines) is 1. The topological polar surface area (TPSA) is 131 Å². The zero-order valence-electron chi connectivity index (χ0n) is 16.7. The van der Waals surface area contributed by atoms with E-state index in [2.05, 4.69) is 20.4 Å². The van der Waals surface area contributed by atoms with Gasteiger partial charge in [0.1, 0.15) is 17.4 Å². The lowest BCUT2D eigenvalue weighted by Crippen LogP contribution is -2.64. The van der Waals surface area contributed by atoms with E-state index >= 15 is 0 Å². The summed E-state index contributed by atoms with van der Waals surface area (Å²) in [6, 6.07) is 7.05. The number of amides is 1. The fraction of sp³-hybridized carbons (Fsp3) is 0.300. The van der Waals surface area contributed by atoms with Crippen molar-refractivity contribution in [3.8, 4) is 5.75 Å². The smallest absolute Gasteiger partial charge is 0.278 e. The van der Waals surface area contributed by atoms with Crippen LogP contribution in [-0.2, 0) is 0 Å². The van der Waals surface area contributed by atoms with Gasteiger partial charge >= 0.3 is 0 Å². The Morgan fingerprint density at radius 3 is 2.80 bits per heavy atom. The average Bonchev–Trinajstić information content (AvgIpc) is 3.15. The molecule has 1 unspecified atom stereocenters. The van der Waals surface area contributed by atoms with Crippen molar-refractivity contribution >= 4 is 17.4 Å². The van der Waals surface area contributed by atoms with Crippen LogP contribution in [0.4, 0.5) is 11.5 Å². The number of nitrogens with two attached hydrogens (primary N) is 1. The molecule has 4 N–H and O–H groups in total. The number of benzene rings is 1. The third-order valence-electron chi connectivity index (χ3n) is 5.07. The number of aliphatic hydroxyl groups is 1. The van der Waals surface area contributed by atoms with Crippen molar-refractivity contribution in [3.05, 3.63) is 60.3 Å². The number of hydrogen-bond donors (Lipinski definition) is 3. The van der Waals surface area contributed by atoms with Crippen molar-refractivity contribution < 1.29 is 14.6 Å². The predicted octanol–water partition coefficient (Wildman–Crippen LogP) is 0.782. The molecule has 0 aliphatic carbocycles. The molecule has 4 rings (SSSR count). The molecule has 10 nitrogen and oxygen atoms in total. The Balaban J connectivity index is 1.63. The number of β-amino-alcohol motifs (C(OH)–C–C–N with tert-alkyl or cyclic N) is 1. The Morgan fingerprint density at radius 2 is 2.10 bits per heavy atom. The Morgan fingerprint density at radius 1 is 1.33 bits per heavy atom. The molecule has 30 heavy (non-hydrogen) atoms. The van der Waals surface area contributed by atoms with Crippen molar-refractivity contribution in [2.24, 2.45) is 0 Å². The van der Waals surface area contributed by atoms with Gasteiger partial charge in [-0.2, -0.15) is 5.10 Å². The normalized spacial score (nSPS) is 16.5. The molecule has 156 valence electrons. The number of likely N-dealkylation sites (N-methyl/N-ethyl adjacent to an activating group) is 1. The first-order chi connectivity index (χ1) is 14.4. The van der Waals surface area contributed by atoms with Crippen molar-refractivity contribution in [2.75, 3.05) is 38.3 Å². The van der Waals surface area contributed by atoms with Gasteiger partial charge in [-0.1, -0.05) is 12.1 Å². The number of aromatic nitrogens is 4. The predicted molar refractivity (Wildman–Crippen MR) is 110 cm³/mol. The van der Waals surface area contributed by atoms with E-state index in [9.17, 15) is 9.90 Å². The van der Waals surface area contributed by atoms with Gasteiger partial charge in [0.05, 0.1) is 19.0 Å². The zero-order valence-corrected chi connectivity index (χ0v) is 16.7. The van der Waals surface area contributed by atoms with Gasteiger partial charge in [-0.3, -0.25) is 9.48 Å².